The quantitative estimate of drug-likeness (QED) is 0.896. The van der Waals surface area contributed by atoms with Gasteiger partial charge in [0.15, 0.2) is 0 Å². The third-order valence-corrected chi connectivity index (χ3v) is 4.32. The van der Waals surface area contributed by atoms with Gasteiger partial charge in [0.25, 0.3) is 0 Å². The Morgan fingerprint density at radius 1 is 1.43 bits per heavy atom. The lowest BCUT2D eigenvalue weighted by Gasteiger charge is -2.32. The first-order valence-electron chi connectivity index (χ1n) is 7.96. The van der Waals surface area contributed by atoms with Crippen LogP contribution < -0.4 is 0 Å². The summed E-state index contributed by atoms with van der Waals surface area (Å²) in [6.07, 6.45) is 2.82. The highest BCUT2D eigenvalue weighted by Gasteiger charge is 2.27. The lowest BCUT2D eigenvalue weighted by atomic mass is 10.1. The zero-order chi connectivity index (χ0) is 16.4. The van der Waals surface area contributed by atoms with Crippen LogP contribution in [0.15, 0.2) is 6.20 Å². The number of imidazole rings is 1. The molecule has 3 rings (SSSR count). The number of ether oxygens (including phenoxy) is 1. The molecule has 0 saturated carbocycles. The first-order valence-corrected chi connectivity index (χ1v) is 7.96. The Bertz CT molecular complexity index is 671. The van der Waals surface area contributed by atoms with Crippen LogP contribution >= 0.6 is 0 Å². The lowest BCUT2D eigenvalue weighted by Crippen LogP contribution is -2.42. The van der Waals surface area contributed by atoms with Crippen molar-refractivity contribution in [3.8, 4) is 0 Å². The van der Waals surface area contributed by atoms with Gasteiger partial charge in [-0.05, 0) is 32.8 Å². The SMILES string of the molecule is Cc1cnc([C@H]2CN(C(=O)CCc3c(C)n[nH]c3C)CCO2)[nH]1. The van der Waals surface area contributed by atoms with Crippen molar-refractivity contribution in [2.45, 2.75) is 39.7 Å². The number of aryl methyl sites for hydroxylation is 3. The van der Waals surface area contributed by atoms with Gasteiger partial charge in [-0.1, -0.05) is 0 Å². The Balaban J connectivity index is 1.59. The summed E-state index contributed by atoms with van der Waals surface area (Å²) < 4.78 is 5.74. The number of H-pyrrole nitrogens is 2. The molecule has 3 heterocycles. The number of rotatable bonds is 4. The third-order valence-electron chi connectivity index (χ3n) is 4.32. The fourth-order valence-electron chi connectivity index (χ4n) is 2.97. The highest BCUT2D eigenvalue weighted by molar-refractivity contribution is 5.76. The zero-order valence-corrected chi connectivity index (χ0v) is 13.8. The minimum Gasteiger partial charge on any atom is -0.367 e. The van der Waals surface area contributed by atoms with Crippen molar-refractivity contribution in [3.05, 3.63) is 34.7 Å². The van der Waals surface area contributed by atoms with Crippen molar-refractivity contribution in [3.63, 3.8) is 0 Å². The first-order chi connectivity index (χ1) is 11.0. The van der Waals surface area contributed by atoms with Crippen LogP contribution in [0.5, 0.6) is 0 Å². The van der Waals surface area contributed by atoms with Gasteiger partial charge < -0.3 is 14.6 Å². The second kappa shape index (κ2) is 6.54. The van der Waals surface area contributed by atoms with Gasteiger partial charge in [0.05, 0.1) is 18.8 Å². The molecule has 0 spiro atoms. The Morgan fingerprint density at radius 2 is 2.26 bits per heavy atom. The van der Waals surface area contributed by atoms with E-state index in [0.717, 1.165) is 34.9 Å². The average Bonchev–Trinajstić information content (AvgIpc) is 3.12. The number of hydrogen-bond acceptors (Lipinski definition) is 4. The molecule has 2 aromatic heterocycles. The van der Waals surface area contributed by atoms with E-state index in [0.29, 0.717) is 26.1 Å². The Morgan fingerprint density at radius 3 is 2.91 bits per heavy atom. The highest BCUT2D eigenvalue weighted by Crippen LogP contribution is 2.21. The van der Waals surface area contributed by atoms with Crippen molar-refractivity contribution in [2.24, 2.45) is 0 Å². The van der Waals surface area contributed by atoms with Gasteiger partial charge in [0.2, 0.25) is 5.91 Å². The summed E-state index contributed by atoms with van der Waals surface area (Å²) in [6.45, 7) is 7.64. The van der Waals surface area contributed by atoms with Gasteiger partial charge in [-0.3, -0.25) is 9.89 Å². The predicted octanol–water partition coefficient (Wildman–Crippen LogP) is 1.59. The highest BCUT2D eigenvalue weighted by atomic mass is 16.5. The number of nitrogens with zero attached hydrogens (tertiary/aromatic N) is 3. The second-order valence-corrected chi connectivity index (χ2v) is 6.06. The van der Waals surface area contributed by atoms with Gasteiger partial charge in [-0.2, -0.15) is 5.10 Å². The van der Waals surface area contributed by atoms with E-state index < -0.39 is 0 Å². The van der Waals surface area contributed by atoms with Crippen molar-refractivity contribution in [2.75, 3.05) is 19.7 Å². The fraction of sp³-hybridized carbons (Fsp3) is 0.562. The number of carbonyl (C=O) groups excluding carboxylic acids is 1. The predicted molar refractivity (Wildman–Crippen MR) is 85.0 cm³/mol. The van der Waals surface area contributed by atoms with E-state index in [-0.39, 0.29) is 12.0 Å². The molecule has 1 saturated heterocycles. The first kappa shape index (κ1) is 15.7. The lowest BCUT2D eigenvalue weighted by molar-refractivity contribution is -0.139. The summed E-state index contributed by atoms with van der Waals surface area (Å²) in [5.41, 5.74) is 4.16. The standard InChI is InChI=1S/C16H23N5O2/c1-10-8-17-16(18-10)14-9-21(6-7-23-14)15(22)5-4-13-11(2)19-20-12(13)3/h8,14H,4-7,9H2,1-3H3,(H,17,18)(H,19,20)/t14-/m1/s1. The molecule has 0 unspecified atom stereocenters. The molecule has 2 N–H and O–H groups in total. The Labute approximate surface area is 135 Å². The summed E-state index contributed by atoms with van der Waals surface area (Å²) in [5.74, 6) is 0.947. The molecule has 0 aromatic carbocycles. The smallest absolute Gasteiger partial charge is 0.223 e. The van der Waals surface area contributed by atoms with E-state index in [2.05, 4.69) is 20.2 Å². The number of aromatic amines is 2. The van der Waals surface area contributed by atoms with Crippen LogP contribution in [0.25, 0.3) is 0 Å². The number of aromatic nitrogens is 4. The van der Waals surface area contributed by atoms with Crippen LogP contribution in [0.4, 0.5) is 0 Å². The van der Waals surface area contributed by atoms with E-state index in [4.69, 9.17) is 4.74 Å². The van der Waals surface area contributed by atoms with Crippen LogP contribution in [-0.2, 0) is 16.0 Å². The summed E-state index contributed by atoms with van der Waals surface area (Å²) in [7, 11) is 0. The molecule has 23 heavy (non-hydrogen) atoms. The largest absolute Gasteiger partial charge is 0.367 e. The molecule has 0 aliphatic carbocycles. The van der Waals surface area contributed by atoms with E-state index >= 15 is 0 Å². The molecule has 1 aliphatic heterocycles. The number of morpholine rings is 1. The monoisotopic (exact) mass is 317 g/mol. The maximum atomic E-state index is 12.5. The molecule has 1 atom stereocenters. The summed E-state index contributed by atoms with van der Waals surface area (Å²) in [6, 6.07) is 0. The third kappa shape index (κ3) is 3.44. The average molecular weight is 317 g/mol. The molecule has 7 heteroatoms. The van der Waals surface area contributed by atoms with Crippen LogP contribution in [0.1, 0.15) is 41.0 Å². The van der Waals surface area contributed by atoms with E-state index in [1.165, 1.54) is 0 Å². The van der Waals surface area contributed by atoms with E-state index in [9.17, 15) is 4.79 Å². The molecular weight excluding hydrogens is 294 g/mol. The Kier molecular flexibility index (Phi) is 4.47. The van der Waals surface area contributed by atoms with Crippen LogP contribution in [-0.4, -0.2) is 50.7 Å². The van der Waals surface area contributed by atoms with Crippen LogP contribution in [0.2, 0.25) is 0 Å². The molecule has 1 amide bonds. The number of amides is 1. The number of hydrogen-bond donors (Lipinski definition) is 2. The molecule has 1 fully saturated rings. The van der Waals surface area contributed by atoms with Crippen molar-refractivity contribution < 1.29 is 9.53 Å². The van der Waals surface area contributed by atoms with Gasteiger partial charge in [0, 0.05) is 30.6 Å². The molecule has 124 valence electrons. The molecule has 0 bridgehead atoms. The minimum atomic E-state index is -0.168. The molecule has 2 aromatic rings. The van der Waals surface area contributed by atoms with Crippen LogP contribution in [0, 0.1) is 20.8 Å². The van der Waals surface area contributed by atoms with Crippen molar-refractivity contribution in [1.82, 2.24) is 25.1 Å². The minimum absolute atomic E-state index is 0.154. The van der Waals surface area contributed by atoms with Gasteiger partial charge in [-0.15, -0.1) is 0 Å². The maximum Gasteiger partial charge on any atom is 0.223 e. The van der Waals surface area contributed by atoms with Crippen molar-refractivity contribution in [1.29, 1.82) is 0 Å². The van der Waals surface area contributed by atoms with Gasteiger partial charge in [0.1, 0.15) is 11.9 Å². The topological polar surface area (TPSA) is 86.9 Å². The van der Waals surface area contributed by atoms with Gasteiger partial charge >= 0.3 is 0 Å². The second-order valence-electron chi connectivity index (χ2n) is 6.06. The summed E-state index contributed by atoms with van der Waals surface area (Å²) >= 11 is 0. The maximum absolute atomic E-state index is 12.5. The number of carbonyl (C=O) groups is 1. The molecule has 0 radical (unpaired) electrons. The Hall–Kier alpha value is -2.15. The molecule has 7 nitrogen and oxygen atoms in total. The van der Waals surface area contributed by atoms with E-state index in [1.807, 2.05) is 25.7 Å². The fourth-order valence-corrected chi connectivity index (χ4v) is 2.97. The summed E-state index contributed by atoms with van der Waals surface area (Å²) in [5, 5.41) is 7.14. The molecule has 1 aliphatic rings. The summed E-state index contributed by atoms with van der Waals surface area (Å²) in [4.78, 5) is 21.9. The normalized spacial score (nSPS) is 18.4. The van der Waals surface area contributed by atoms with Crippen LogP contribution in [0.3, 0.4) is 0 Å². The van der Waals surface area contributed by atoms with E-state index in [1.54, 1.807) is 6.20 Å². The zero-order valence-electron chi connectivity index (χ0n) is 13.8. The van der Waals surface area contributed by atoms with Gasteiger partial charge in [-0.25, -0.2) is 4.98 Å². The molecular formula is C16H23N5O2. The number of nitrogens with one attached hydrogen (secondary N) is 2. The van der Waals surface area contributed by atoms with Crippen molar-refractivity contribution >= 4 is 5.91 Å².